The number of rotatable bonds is 6. The Morgan fingerprint density at radius 3 is 2.47 bits per heavy atom. The lowest BCUT2D eigenvalue weighted by molar-refractivity contribution is -0.127. The van der Waals surface area contributed by atoms with Gasteiger partial charge < -0.3 is 10.1 Å². The topological polar surface area (TPSA) is 76.5 Å². The number of ether oxygens (including phenoxy) is 1. The van der Waals surface area contributed by atoms with E-state index in [9.17, 15) is 14.0 Å². The Hall–Kier alpha value is -3.68. The molecule has 8 heteroatoms. The highest BCUT2D eigenvalue weighted by Crippen LogP contribution is 2.35. The zero-order chi connectivity index (χ0) is 25.3. The van der Waals surface area contributed by atoms with Crippen molar-refractivity contribution in [2.75, 3.05) is 11.5 Å². The first kappa shape index (κ1) is 24.0. The zero-order valence-electron chi connectivity index (χ0n) is 20.7. The molecule has 1 saturated carbocycles. The quantitative estimate of drug-likeness (QED) is 0.530. The summed E-state index contributed by atoms with van der Waals surface area (Å²) in [5.41, 5.74) is 1.10. The first-order chi connectivity index (χ1) is 17.4. The van der Waals surface area contributed by atoms with Gasteiger partial charge >= 0.3 is 0 Å². The highest BCUT2D eigenvalue weighted by atomic mass is 19.1. The fourth-order valence-corrected chi connectivity index (χ4v) is 5.19. The molecular weight excluding hydrogens is 459 g/mol. The van der Waals surface area contributed by atoms with Gasteiger partial charge in [-0.2, -0.15) is 5.10 Å². The molecule has 0 bridgehead atoms. The van der Waals surface area contributed by atoms with Gasteiger partial charge in [0, 0.05) is 17.3 Å². The van der Waals surface area contributed by atoms with Crippen LogP contribution in [-0.4, -0.2) is 39.8 Å². The molecule has 1 aliphatic heterocycles. The molecule has 0 radical (unpaired) electrons. The van der Waals surface area contributed by atoms with Gasteiger partial charge in [-0.3, -0.25) is 19.2 Å². The Labute approximate surface area is 210 Å². The van der Waals surface area contributed by atoms with Crippen molar-refractivity contribution < 1.29 is 18.7 Å². The van der Waals surface area contributed by atoms with Crippen molar-refractivity contribution in [2.24, 2.45) is 0 Å². The second-order valence-electron chi connectivity index (χ2n) is 9.73. The lowest BCUT2D eigenvalue weighted by atomic mass is 9.91. The van der Waals surface area contributed by atoms with Crippen molar-refractivity contribution >= 4 is 17.5 Å². The number of amides is 2. The van der Waals surface area contributed by atoms with E-state index in [4.69, 9.17) is 9.84 Å². The van der Waals surface area contributed by atoms with Gasteiger partial charge in [-0.05, 0) is 81.3 Å². The molecule has 1 atom stereocenters. The van der Waals surface area contributed by atoms with E-state index in [0.717, 1.165) is 37.0 Å². The third-order valence-corrected chi connectivity index (χ3v) is 7.13. The number of hydrogen-bond acceptors (Lipinski definition) is 4. The van der Waals surface area contributed by atoms with Crippen LogP contribution in [0.4, 0.5) is 10.1 Å². The maximum atomic E-state index is 13.9. The molecule has 1 aliphatic carbocycles. The fourth-order valence-electron chi connectivity index (χ4n) is 5.19. The van der Waals surface area contributed by atoms with Crippen molar-refractivity contribution in [1.82, 2.24) is 15.1 Å². The number of halogens is 1. The lowest BCUT2D eigenvalue weighted by Gasteiger charge is -2.44. The van der Waals surface area contributed by atoms with Crippen LogP contribution in [0, 0.1) is 5.82 Å². The third kappa shape index (κ3) is 4.47. The van der Waals surface area contributed by atoms with Crippen LogP contribution in [0.2, 0.25) is 0 Å². The molecule has 2 heterocycles. The molecule has 5 rings (SSSR count). The number of hydrogen-bond donors (Lipinski definition) is 1. The maximum absolute atomic E-state index is 13.9. The molecule has 3 aromatic rings. The number of aromatic nitrogens is 2. The van der Waals surface area contributed by atoms with E-state index in [1.54, 1.807) is 29.8 Å². The van der Waals surface area contributed by atoms with E-state index >= 15 is 0 Å². The van der Waals surface area contributed by atoms with Crippen LogP contribution in [0.15, 0.2) is 54.6 Å². The summed E-state index contributed by atoms with van der Waals surface area (Å²) in [5.74, 6) is -0.218. The van der Waals surface area contributed by atoms with Gasteiger partial charge in [-0.25, -0.2) is 4.39 Å². The molecule has 7 nitrogen and oxygen atoms in total. The molecule has 1 unspecified atom stereocenters. The summed E-state index contributed by atoms with van der Waals surface area (Å²) in [4.78, 5) is 29.1. The SMILES string of the molecule is CCOc1ccc(-c2cc3n(n2)CC(C)(C(=O)NC2CCCCC2)N(c2ccc(F)cc2)C3=O)cc1. The molecule has 188 valence electrons. The average molecular weight is 491 g/mol. The molecule has 2 aliphatic rings. The minimum atomic E-state index is -1.23. The monoisotopic (exact) mass is 490 g/mol. The first-order valence-corrected chi connectivity index (χ1v) is 12.6. The summed E-state index contributed by atoms with van der Waals surface area (Å²) in [6.07, 6.45) is 5.20. The normalized spacial score (nSPS) is 20.2. The number of fused-ring (bicyclic) bond motifs is 1. The highest BCUT2D eigenvalue weighted by molar-refractivity contribution is 6.12. The number of carbonyl (C=O) groups is 2. The summed E-state index contributed by atoms with van der Waals surface area (Å²) >= 11 is 0. The van der Waals surface area contributed by atoms with Gasteiger partial charge in [0.25, 0.3) is 5.91 Å². The van der Waals surface area contributed by atoms with Crippen LogP contribution in [0.3, 0.4) is 0 Å². The highest BCUT2D eigenvalue weighted by Gasteiger charge is 2.49. The Bertz CT molecular complexity index is 1250. The van der Waals surface area contributed by atoms with Crippen molar-refractivity contribution in [3.8, 4) is 17.0 Å². The number of benzene rings is 2. The summed E-state index contributed by atoms with van der Waals surface area (Å²) < 4.78 is 20.9. The average Bonchev–Trinajstić information content (AvgIpc) is 3.30. The molecular formula is C28H31FN4O3. The van der Waals surface area contributed by atoms with E-state index in [1.807, 2.05) is 31.2 Å². The Kier molecular flexibility index (Phi) is 6.51. The number of carbonyl (C=O) groups excluding carboxylic acids is 2. The van der Waals surface area contributed by atoms with Crippen LogP contribution in [0.5, 0.6) is 5.75 Å². The summed E-state index contributed by atoms with van der Waals surface area (Å²) in [5, 5.41) is 7.89. The Morgan fingerprint density at radius 1 is 1.11 bits per heavy atom. The fraction of sp³-hybridized carbons (Fsp3) is 0.393. The zero-order valence-corrected chi connectivity index (χ0v) is 20.7. The van der Waals surface area contributed by atoms with E-state index < -0.39 is 11.4 Å². The smallest absolute Gasteiger partial charge is 0.277 e. The second kappa shape index (κ2) is 9.76. The lowest BCUT2D eigenvalue weighted by Crippen LogP contribution is -2.65. The van der Waals surface area contributed by atoms with Crippen LogP contribution in [0.1, 0.15) is 56.4 Å². The number of nitrogens with zero attached hydrogens (tertiary/aromatic N) is 3. The molecule has 1 fully saturated rings. The van der Waals surface area contributed by atoms with Crippen LogP contribution in [-0.2, 0) is 11.3 Å². The molecule has 0 spiro atoms. The summed E-state index contributed by atoms with van der Waals surface area (Å²) in [6.45, 7) is 4.44. The van der Waals surface area contributed by atoms with Gasteiger partial charge in [0.05, 0.1) is 18.8 Å². The first-order valence-electron chi connectivity index (χ1n) is 12.6. The molecule has 1 aromatic heterocycles. The number of anilines is 1. The second-order valence-corrected chi connectivity index (χ2v) is 9.73. The van der Waals surface area contributed by atoms with Crippen molar-refractivity contribution in [3.63, 3.8) is 0 Å². The maximum Gasteiger partial charge on any atom is 0.277 e. The molecule has 1 N–H and O–H groups in total. The molecule has 0 saturated heterocycles. The van der Waals surface area contributed by atoms with E-state index in [-0.39, 0.29) is 24.4 Å². The molecule has 2 amide bonds. The van der Waals surface area contributed by atoms with Gasteiger partial charge in [0.2, 0.25) is 5.91 Å². The van der Waals surface area contributed by atoms with E-state index in [1.165, 1.54) is 23.5 Å². The van der Waals surface area contributed by atoms with Gasteiger partial charge in [0.15, 0.2) is 0 Å². The minimum absolute atomic E-state index is 0.0895. The van der Waals surface area contributed by atoms with Crippen LogP contribution in [0.25, 0.3) is 11.3 Å². The number of nitrogens with one attached hydrogen (secondary N) is 1. The Balaban J connectivity index is 1.52. The van der Waals surface area contributed by atoms with Crippen molar-refractivity contribution in [2.45, 2.75) is 64.1 Å². The van der Waals surface area contributed by atoms with Crippen LogP contribution < -0.4 is 15.0 Å². The predicted octanol–water partition coefficient (Wildman–Crippen LogP) is 4.96. The third-order valence-electron chi connectivity index (χ3n) is 7.13. The van der Waals surface area contributed by atoms with Gasteiger partial charge in [0.1, 0.15) is 22.8 Å². The molecule has 36 heavy (non-hydrogen) atoms. The van der Waals surface area contributed by atoms with Gasteiger partial charge in [-0.1, -0.05) is 19.3 Å². The Morgan fingerprint density at radius 2 is 1.81 bits per heavy atom. The molecule has 2 aromatic carbocycles. The summed E-state index contributed by atoms with van der Waals surface area (Å²) in [6, 6.07) is 15.1. The van der Waals surface area contributed by atoms with Crippen molar-refractivity contribution in [1.29, 1.82) is 0 Å². The van der Waals surface area contributed by atoms with Crippen LogP contribution >= 0.6 is 0 Å². The van der Waals surface area contributed by atoms with Gasteiger partial charge in [-0.15, -0.1) is 0 Å². The van der Waals surface area contributed by atoms with Crippen molar-refractivity contribution in [3.05, 3.63) is 66.1 Å². The summed E-state index contributed by atoms with van der Waals surface area (Å²) in [7, 11) is 0. The van der Waals surface area contributed by atoms with E-state index in [2.05, 4.69) is 5.32 Å². The minimum Gasteiger partial charge on any atom is -0.494 e. The largest absolute Gasteiger partial charge is 0.494 e. The standard InChI is InChI=1S/C28H31FN4O3/c1-3-36-23-15-9-19(10-16-23)24-17-25-26(34)33(22-13-11-20(29)12-14-22)28(2,18-32(25)31-24)27(35)30-21-7-5-4-6-8-21/h9-17,21H,3-8,18H2,1-2H3,(H,30,35). The predicted molar refractivity (Wildman–Crippen MR) is 135 cm³/mol. The van der Waals surface area contributed by atoms with E-state index in [0.29, 0.717) is 23.7 Å².